The van der Waals surface area contributed by atoms with Crippen molar-refractivity contribution >= 4 is 29.0 Å². The van der Waals surface area contributed by atoms with Crippen LogP contribution in [0.25, 0.3) is 5.69 Å². The van der Waals surface area contributed by atoms with Crippen LogP contribution in [0.1, 0.15) is 10.4 Å². The van der Waals surface area contributed by atoms with E-state index in [-0.39, 0.29) is 11.7 Å². The molecular formula is C16H17N5OS2. The average molecular weight is 359 g/mol. The first kappa shape index (κ1) is 16.7. The zero-order chi connectivity index (χ0) is 16.8. The van der Waals surface area contributed by atoms with Gasteiger partial charge in [-0.2, -0.15) is 4.68 Å². The van der Waals surface area contributed by atoms with Crippen LogP contribution < -0.4 is 5.32 Å². The average Bonchev–Trinajstić information content (AvgIpc) is 3.24. The van der Waals surface area contributed by atoms with Gasteiger partial charge in [-0.3, -0.25) is 4.79 Å². The molecule has 2 heterocycles. The van der Waals surface area contributed by atoms with E-state index in [2.05, 4.69) is 26.9 Å². The highest BCUT2D eigenvalue weighted by Crippen LogP contribution is 2.18. The normalized spacial score (nSPS) is 10.7. The van der Waals surface area contributed by atoms with Crippen LogP contribution in [0.5, 0.6) is 0 Å². The maximum absolute atomic E-state index is 12.0. The van der Waals surface area contributed by atoms with E-state index in [1.165, 1.54) is 16.6 Å². The third-order valence-corrected chi connectivity index (χ3v) is 5.15. The summed E-state index contributed by atoms with van der Waals surface area (Å²) >= 11 is 3.03. The number of thioether (sulfide) groups is 1. The summed E-state index contributed by atoms with van der Waals surface area (Å²) in [7, 11) is 0. The van der Waals surface area contributed by atoms with Crippen molar-refractivity contribution in [1.82, 2.24) is 25.5 Å². The summed E-state index contributed by atoms with van der Waals surface area (Å²) in [6.45, 7) is 2.66. The lowest BCUT2D eigenvalue weighted by atomic mass is 10.2. The number of thiophene rings is 1. The summed E-state index contributed by atoms with van der Waals surface area (Å²) < 4.78 is 1.65. The topological polar surface area (TPSA) is 72.7 Å². The summed E-state index contributed by atoms with van der Waals surface area (Å²) in [4.78, 5) is 13.2. The van der Waals surface area contributed by atoms with Gasteiger partial charge in [-0.15, -0.1) is 16.4 Å². The van der Waals surface area contributed by atoms with E-state index < -0.39 is 0 Å². The second-order valence-corrected chi connectivity index (χ2v) is 7.16. The molecular weight excluding hydrogens is 342 g/mol. The number of benzene rings is 1. The molecule has 8 heteroatoms. The van der Waals surface area contributed by atoms with E-state index in [1.807, 2.05) is 42.6 Å². The quantitative estimate of drug-likeness (QED) is 0.656. The van der Waals surface area contributed by atoms with Crippen LogP contribution in [0.4, 0.5) is 0 Å². The minimum absolute atomic E-state index is 0.0182. The first-order valence-electron chi connectivity index (χ1n) is 7.49. The zero-order valence-electron chi connectivity index (χ0n) is 13.2. The Morgan fingerprint density at radius 2 is 2.25 bits per heavy atom. The molecule has 0 saturated carbocycles. The summed E-state index contributed by atoms with van der Waals surface area (Å²) in [6.07, 6.45) is 0.856. The van der Waals surface area contributed by atoms with Crippen LogP contribution in [0.2, 0.25) is 0 Å². The highest BCUT2D eigenvalue weighted by molar-refractivity contribution is 7.99. The SMILES string of the molecule is Cc1cccc(-n2nnnc2SCC(=O)NCCc2cccs2)c1. The molecule has 0 saturated heterocycles. The molecule has 0 aliphatic rings. The van der Waals surface area contributed by atoms with Gasteiger partial charge in [-0.1, -0.05) is 30.0 Å². The van der Waals surface area contributed by atoms with Crippen molar-refractivity contribution in [3.63, 3.8) is 0 Å². The smallest absolute Gasteiger partial charge is 0.230 e. The minimum Gasteiger partial charge on any atom is -0.355 e. The molecule has 0 unspecified atom stereocenters. The van der Waals surface area contributed by atoms with Gasteiger partial charge in [-0.25, -0.2) is 0 Å². The largest absolute Gasteiger partial charge is 0.355 e. The van der Waals surface area contributed by atoms with Gasteiger partial charge < -0.3 is 5.32 Å². The Bertz CT molecular complexity index is 800. The summed E-state index contributed by atoms with van der Waals surface area (Å²) in [5.41, 5.74) is 2.02. The van der Waals surface area contributed by atoms with Crippen LogP contribution in [0, 0.1) is 6.92 Å². The highest BCUT2D eigenvalue weighted by Gasteiger charge is 2.11. The van der Waals surface area contributed by atoms with Crippen molar-refractivity contribution in [2.75, 3.05) is 12.3 Å². The monoisotopic (exact) mass is 359 g/mol. The first-order valence-corrected chi connectivity index (χ1v) is 9.36. The fourth-order valence-corrected chi connectivity index (χ4v) is 3.58. The number of nitrogens with zero attached hydrogens (tertiary/aromatic N) is 4. The van der Waals surface area contributed by atoms with Crippen molar-refractivity contribution < 1.29 is 4.79 Å². The van der Waals surface area contributed by atoms with E-state index in [1.54, 1.807) is 16.0 Å². The molecule has 3 rings (SSSR count). The molecule has 6 nitrogen and oxygen atoms in total. The molecule has 0 radical (unpaired) electrons. The standard InChI is InChI=1S/C16H17N5OS2/c1-12-4-2-5-13(10-12)21-16(18-19-20-21)24-11-15(22)17-8-7-14-6-3-9-23-14/h2-6,9-10H,7-8,11H2,1H3,(H,17,22). The molecule has 0 aliphatic heterocycles. The summed E-state index contributed by atoms with van der Waals surface area (Å²) in [5.74, 6) is 0.270. The van der Waals surface area contributed by atoms with Crippen LogP contribution >= 0.6 is 23.1 Å². The first-order chi connectivity index (χ1) is 11.7. The van der Waals surface area contributed by atoms with Gasteiger partial charge in [-0.05, 0) is 52.9 Å². The van der Waals surface area contributed by atoms with Gasteiger partial charge in [0.05, 0.1) is 11.4 Å². The number of amides is 1. The van der Waals surface area contributed by atoms with Crippen LogP contribution in [0.15, 0.2) is 46.9 Å². The van der Waals surface area contributed by atoms with Crippen LogP contribution in [-0.4, -0.2) is 38.4 Å². The lowest BCUT2D eigenvalue weighted by Gasteiger charge is -2.06. The fraction of sp³-hybridized carbons (Fsp3) is 0.250. The molecule has 1 N–H and O–H groups in total. The Labute approximate surface area is 148 Å². The Morgan fingerprint density at radius 1 is 1.33 bits per heavy atom. The van der Waals surface area contributed by atoms with Gasteiger partial charge >= 0.3 is 0 Å². The fourth-order valence-electron chi connectivity index (χ4n) is 2.15. The number of carbonyl (C=O) groups excluding carboxylic acids is 1. The molecule has 124 valence electrons. The third kappa shape index (κ3) is 4.42. The summed E-state index contributed by atoms with van der Waals surface area (Å²) in [6, 6.07) is 12.0. The van der Waals surface area contributed by atoms with E-state index in [9.17, 15) is 4.79 Å². The Kier molecular flexibility index (Phi) is 5.60. The second kappa shape index (κ2) is 8.07. The number of nitrogens with one attached hydrogen (secondary N) is 1. The molecule has 0 fully saturated rings. The lowest BCUT2D eigenvalue weighted by molar-refractivity contribution is -0.118. The predicted molar refractivity (Wildman–Crippen MR) is 95.6 cm³/mol. The van der Waals surface area contributed by atoms with Crippen molar-refractivity contribution in [1.29, 1.82) is 0 Å². The number of aryl methyl sites for hydroxylation is 1. The molecule has 3 aromatic rings. The molecule has 0 atom stereocenters. The molecule has 1 amide bonds. The predicted octanol–water partition coefficient (Wildman–Crippen LogP) is 2.48. The maximum Gasteiger partial charge on any atom is 0.230 e. The van der Waals surface area contributed by atoms with Gasteiger partial charge in [0.25, 0.3) is 0 Å². The van der Waals surface area contributed by atoms with Crippen LogP contribution in [-0.2, 0) is 11.2 Å². The van der Waals surface area contributed by atoms with Crippen molar-refractivity contribution in [3.8, 4) is 5.69 Å². The molecule has 1 aromatic carbocycles. The third-order valence-electron chi connectivity index (χ3n) is 3.29. The number of carbonyl (C=O) groups is 1. The van der Waals surface area contributed by atoms with Crippen molar-refractivity contribution in [3.05, 3.63) is 52.2 Å². The van der Waals surface area contributed by atoms with Gasteiger partial charge in [0.2, 0.25) is 11.1 Å². The Hall–Kier alpha value is -2.19. The molecule has 0 aliphatic carbocycles. The van der Waals surface area contributed by atoms with E-state index >= 15 is 0 Å². The number of rotatable bonds is 7. The number of hydrogen-bond donors (Lipinski definition) is 1. The molecule has 0 bridgehead atoms. The van der Waals surface area contributed by atoms with Crippen molar-refractivity contribution in [2.45, 2.75) is 18.5 Å². The maximum atomic E-state index is 12.0. The van der Waals surface area contributed by atoms with Gasteiger partial charge in [0, 0.05) is 11.4 Å². The number of hydrogen-bond acceptors (Lipinski definition) is 6. The Balaban J connectivity index is 1.52. The highest BCUT2D eigenvalue weighted by atomic mass is 32.2. The number of tetrazole rings is 1. The zero-order valence-corrected chi connectivity index (χ0v) is 14.8. The second-order valence-electron chi connectivity index (χ2n) is 5.18. The van der Waals surface area contributed by atoms with E-state index in [4.69, 9.17) is 0 Å². The van der Waals surface area contributed by atoms with Crippen molar-refractivity contribution in [2.24, 2.45) is 0 Å². The number of aromatic nitrogens is 4. The lowest BCUT2D eigenvalue weighted by Crippen LogP contribution is -2.27. The Morgan fingerprint density at radius 3 is 3.04 bits per heavy atom. The molecule has 2 aromatic heterocycles. The minimum atomic E-state index is -0.0182. The van der Waals surface area contributed by atoms with Gasteiger partial charge in [0.1, 0.15) is 0 Å². The van der Waals surface area contributed by atoms with E-state index in [0.717, 1.165) is 17.7 Å². The van der Waals surface area contributed by atoms with Gasteiger partial charge in [0.15, 0.2) is 0 Å². The molecule has 0 spiro atoms. The van der Waals surface area contributed by atoms with E-state index in [0.29, 0.717) is 11.7 Å². The summed E-state index contributed by atoms with van der Waals surface area (Å²) in [5, 5.41) is 17.3. The van der Waals surface area contributed by atoms with Crippen LogP contribution in [0.3, 0.4) is 0 Å². The molecule has 24 heavy (non-hydrogen) atoms.